The Morgan fingerprint density at radius 1 is 0.632 bits per heavy atom. The van der Waals surface area contributed by atoms with Gasteiger partial charge in [0.15, 0.2) is 0 Å². The van der Waals surface area contributed by atoms with Gasteiger partial charge in [0.05, 0.1) is 35.1 Å². The van der Waals surface area contributed by atoms with Crippen molar-refractivity contribution in [3.05, 3.63) is 60.7 Å². The number of aromatic nitrogens is 2. The maximum atomic E-state index is 13.0. The highest BCUT2D eigenvalue weighted by molar-refractivity contribution is 6.02. The molecule has 8 saturated carbocycles. The molecule has 12 rings (SSSR count). The second-order valence-electron chi connectivity index (χ2n) is 19.3. The number of carbonyl (C=O) groups excluding carboxylic acids is 2. The summed E-state index contributed by atoms with van der Waals surface area (Å²) in [4.78, 5) is 35.2. The van der Waals surface area contributed by atoms with Crippen LogP contribution in [0.3, 0.4) is 0 Å². The Labute approximate surface area is 336 Å². The molecule has 1 atom stereocenters. The highest BCUT2D eigenvalue weighted by Crippen LogP contribution is 2.62. The summed E-state index contributed by atoms with van der Waals surface area (Å²) >= 11 is 0. The number of anilines is 4. The molecule has 0 spiro atoms. The fourth-order valence-corrected chi connectivity index (χ4v) is 13.2. The largest absolute Gasteiger partial charge is 0.395 e. The Morgan fingerprint density at radius 3 is 1.42 bits per heavy atom. The number of carbonyl (C=O) groups is 2. The van der Waals surface area contributed by atoms with Crippen LogP contribution in [0.2, 0.25) is 0 Å². The van der Waals surface area contributed by atoms with Crippen molar-refractivity contribution in [2.45, 2.75) is 103 Å². The Morgan fingerprint density at radius 2 is 1.04 bits per heavy atom. The van der Waals surface area contributed by atoms with Crippen LogP contribution in [0, 0.1) is 46.3 Å². The van der Waals surface area contributed by atoms with E-state index in [4.69, 9.17) is 5.11 Å². The highest BCUT2D eigenvalue weighted by Gasteiger charge is 2.52. The first-order valence-corrected chi connectivity index (χ1v) is 21.8. The SMILES string of the molecule is C[C@H](O)CNc1ccc2c(NC(=O)CC34CC5CC(CC(C5)C3)C4)cccc2n1.O=C(CC12CC3CC(CC(C3)C1)C2)Nc1cccc2nc(NCCO)ccc12. The number of aliphatic hydroxyl groups excluding tert-OH is 2. The zero-order valence-corrected chi connectivity index (χ0v) is 33.4. The van der Waals surface area contributed by atoms with Crippen molar-refractivity contribution in [1.29, 1.82) is 0 Å². The fourth-order valence-electron chi connectivity index (χ4n) is 13.2. The van der Waals surface area contributed by atoms with Crippen molar-refractivity contribution in [2.24, 2.45) is 46.3 Å². The van der Waals surface area contributed by atoms with Crippen LogP contribution in [0.1, 0.15) is 96.8 Å². The van der Waals surface area contributed by atoms with E-state index < -0.39 is 6.10 Å². The third kappa shape index (κ3) is 8.49. The Hall–Kier alpha value is -4.28. The Balaban J connectivity index is 0.000000148. The van der Waals surface area contributed by atoms with Crippen LogP contribution >= 0.6 is 0 Å². The number of nitrogens with one attached hydrogen (secondary N) is 4. The summed E-state index contributed by atoms with van der Waals surface area (Å²) in [6.45, 7) is 2.74. The van der Waals surface area contributed by atoms with Crippen molar-refractivity contribution in [3.63, 3.8) is 0 Å². The van der Waals surface area contributed by atoms with Gasteiger partial charge in [0.2, 0.25) is 11.8 Å². The molecule has 8 aliphatic rings. The van der Waals surface area contributed by atoms with E-state index in [0.717, 1.165) is 80.3 Å². The average molecular weight is 773 g/mol. The summed E-state index contributed by atoms with van der Waals surface area (Å²) in [5.41, 5.74) is 3.87. The molecule has 2 heterocycles. The van der Waals surface area contributed by atoms with Crippen LogP contribution in [0.4, 0.5) is 23.0 Å². The summed E-state index contributed by atoms with van der Waals surface area (Å²) in [7, 11) is 0. The molecular formula is C47H60N6O4. The first-order chi connectivity index (χ1) is 27.6. The van der Waals surface area contributed by atoms with Crippen molar-refractivity contribution < 1.29 is 19.8 Å². The van der Waals surface area contributed by atoms with E-state index >= 15 is 0 Å². The number of benzene rings is 2. The summed E-state index contributed by atoms with van der Waals surface area (Å²) in [5.74, 6) is 6.96. The number of rotatable bonds is 12. The van der Waals surface area contributed by atoms with Crippen molar-refractivity contribution >= 4 is 56.6 Å². The summed E-state index contributed by atoms with van der Waals surface area (Å²) in [6.07, 6.45) is 16.8. The van der Waals surface area contributed by atoms with Crippen LogP contribution < -0.4 is 21.3 Å². The maximum Gasteiger partial charge on any atom is 0.224 e. The van der Waals surface area contributed by atoms with E-state index in [9.17, 15) is 14.7 Å². The van der Waals surface area contributed by atoms with Gasteiger partial charge >= 0.3 is 0 Å². The summed E-state index contributed by atoms with van der Waals surface area (Å²) in [6, 6.07) is 19.5. The molecule has 0 radical (unpaired) electrons. The third-order valence-corrected chi connectivity index (χ3v) is 14.4. The molecule has 2 aromatic carbocycles. The lowest BCUT2D eigenvalue weighted by atomic mass is 9.49. The molecule has 0 unspecified atom stereocenters. The van der Waals surface area contributed by atoms with Gasteiger partial charge in [-0.15, -0.1) is 0 Å². The lowest BCUT2D eigenvalue weighted by Gasteiger charge is -2.56. The molecule has 10 nitrogen and oxygen atoms in total. The molecule has 2 aromatic heterocycles. The van der Waals surface area contributed by atoms with Gasteiger partial charge in [-0.2, -0.15) is 0 Å². The number of aliphatic hydroxyl groups is 2. The quantitative estimate of drug-likeness (QED) is 0.0838. The van der Waals surface area contributed by atoms with Gasteiger partial charge in [0, 0.05) is 36.7 Å². The number of hydrogen-bond acceptors (Lipinski definition) is 8. The monoisotopic (exact) mass is 772 g/mol. The minimum atomic E-state index is -0.428. The van der Waals surface area contributed by atoms with Gasteiger partial charge < -0.3 is 31.5 Å². The van der Waals surface area contributed by atoms with Crippen molar-refractivity contribution in [2.75, 3.05) is 41.0 Å². The second-order valence-corrected chi connectivity index (χ2v) is 19.3. The van der Waals surface area contributed by atoms with Crippen LogP contribution in [0.5, 0.6) is 0 Å². The molecule has 8 bridgehead atoms. The van der Waals surface area contributed by atoms with Gasteiger partial charge in [0.25, 0.3) is 0 Å². The zero-order valence-electron chi connectivity index (χ0n) is 33.4. The Bertz CT molecular complexity index is 2050. The molecule has 4 aromatic rings. The number of pyridine rings is 2. The molecule has 8 aliphatic carbocycles. The van der Waals surface area contributed by atoms with Gasteiger partial charge in [0.1, 0.15) is 11.6 Å². The maximum absolute atomic E-state index is 13.0. The normalized spacial score (nSPS) is 30.8. The molecule has 0 saturated heterocycles. The van der Waals surface area contributed by atoms with Gasteiger partial charge in [-0.25, -0.2) is 9.97 Å². The number of hydrogen-bond donors (Lipinski definition) is 6. The number of amides is 2. The van der Waals surface area contributed by atoms with Crippen molar-refractivity contribution in [3.8, 4) is 0 Å². The summed E-state index contributed by atoms with van der Waals surface area (Å²) in [5, 5.41) is 32.9. The van der Waals surface area contributed by atoms with Gasteiger partial charge in [-0.3, -0.25) is 9.59 Å². The number of nitrogens with zero attached hydrogens (tertiary/aromatic N) is 2. The van der Waals surface area contributed by atoms with Crippen molar-refractivity contribution in [1.82, 2.24) is 9.97 Å². The lowest BCUT2D eigenvalue weighted by Crippen LogP contribution is -2.47. The smallest absolute Gasteiger partial charge is 0.224 e. The second kappa shape index (κ2) is 15.8. The molecule has 8 fully saturated rings. The minimum Gasteiger partial charge on any atom is -0.395 e. The average Bonchev–Trinajstić information content (AvgIpc) is 3.15. The van der Waals surface area contributed by atoms with Crippen LogP contribution in [0.15, 0.2) is 60.7 Å². The highest BCUT2D eigenvalue weighted by atomic mass is 16.3. The topological polar surface area (TPSA) is 148 Å². The predicted octanol–water partition coefficient (Wildman–Crippen LogP) is 8.76. The molecule has 57 heavy (non-hydrogen) atoms. The first kappa shape index (κ1) is 38.2. The van der Waals surface area contributed by atoms with E-state index in [2.05, 4.69) is 31.2 Å². The van der Waals surface area contributed by atoms with Gasteiger partial charge in [-0.1, -0.05) is 12.1 Å². The van der Waals surface area contributed by atoms with E-state index in [0.29, 0.717) is 25.9 Å². The number of fused-ring (bicyclic) bond motifs is 2. The van der Waals surface area contributed by atoms with Crippen LogP contribution in [-0.4, -0.2) is 57.8 Å². The first-order valence-electron chi connectivity index (χ1n) is 21.8. The lowest BCUT2D eigenvalue weighted by molar-refractivity contribution is -0.125. The molecule has 6 N–H and O–H groups in total. The predicted molar refractivity (Wildman–Crippen MR) is 227 cm³/mol. The van der Waals surface area contributed by atoms with Gasteiger partial charge in [-0.05, 0) is 179 Å². The van der Waals surface area contributed by atoms with E-state index in [1.54, 1.807) is 6.92 Å². The standard InChI is InChI=1S/C24H31N3O2.C23H29N3O2/c1-15(28)14-25-22-6-5-19-20(26-22)3-2-4-21(19)27-23(29)13-24-10-16-7-17(11-24)9-18(8-16)12-24;27-7-6-24-21-5-4-18-19(25-21)2-1-3-20(18)26-22(28)14-23-11-15-8-16(12-23)10-17(9-15)13-23/h2-6,15-18,28H,7-14H2,1H3,(H,25,26)(H,27,29);1-5,15-17,27H,6-14H2,(H,24,25)(H,26,28)/t15-,16?,17?,18?,24?;/m0./s1. The van der Waals surface area contributed by atoms with E-state index in [-0.39, 0.29) is 29.3 Å². The van der Waals surface area contributed by atoms with E-state index in [1.165, 1.54) is 77.0 Å². The Kier molecular flexibility index (Phi) is 10.6. The molecular weight excluding hydrogens is 713 g/mol. The fraction of sp³-hybridized carbons (Fsp3) is 0.574. The minimum absolute atomic E-state index is 0.0696. The molecule has 10 heteroatoms. The molecule has 302 valence electrons. The summed E-state index contributed by atoms with van der Waals surface area (Å²) < 4.78 is 0. The van der Waals surface area contributed by atoms with E-state index in [1.807, 2.05) is 60.7 Å². The van der Waals surface area contributed by atoms with Crippen LogP contribution in [0.25, 0.3) is 21.8 Å². The molecule has 0 aliphatic heterocycles. The van der Waals surface area contributed by atoms with Crippen LogP contribution in [-0.2, 0) is 9.59 Å². The third-order valence-electron chi connectivity index (χ3n) is 14.4. The zero-order chi connectivity index (χ0) is 39.1. The molecule has 2 amide bonds.